The monoisotopic (exact) mass is 150 g/mol. The van der Waals surface area contributed by atoms with Crippen molar-refractivity contribution in [1.29, 1.82) is 0 Å². The van der Waals surface area contributed by atoms with E-state index in [1.807, 2.05) is 0 Å². The smallest absolute Gasteiger partial charge is 0.404 e. The van der Waals surface area contributed by atoms with Gasteiger partial charge in [-0.3, -0.25) is 0 Å². The van der Waals surface area contributed by atoms with Crippen molar-refractivity contribution in [2.75, 3.05) is 19.8 Å². The molecular weight excluding hydrogens is 136 g/mol. The number of hydrogen-bond acceptors (Lipinski definition) is 4. The summed E-state index contributed by atoms with van der Waals surface area (Å²) in [5, 5.41) is 7.75. The lowest BCUT2D eigenvalue weighted by atomic mass is 10.8. The van der Waals surface area contributed by atoms with Gasteiger partial charge < -0.3 is 21.3 Å². The summed E-state index contributed by atoms with van der Waals surface area (Å²) in [6.07, 6.45) is -0.711. The van der Waals surface area contributed by atoms with Crippen molar-refractivity contribution in [3.8, 4) is 0 Å². The van der Waals surface area contributed by atoms with Gasteiger partial charge in [0.25, 0.3) is 0 Å². The first-order chi connectivity index (χ1) is 4.68. The van der Waals surface area contributed by atoms with Gasteiger partial charge in [-0.2, -0.15) is 0 Å². The van der Waals surface area contributed by atoms with E-state index in [9.17, 15) is 4.79 Å². The van der Waals surface area contributed by atoms with E-state index in [4.69, 9.17) is 10.8 Å². The van der Waals surface area contributed by atoms with Crippen LogP contribution in [0.2, 0.25) is 0 Å². The molecule has 5 N–H and O–H groups in total. The molecule has 5 heteroatoms. The largest absolute Gasteiger partial charge is 0.450 e. The van der Waals surface area contributed by atoms with Crippen molar-refractivity contribution < 1.29 is 14.6 Å². The molecule has 0 atom stereocenters. The zero-order valence-electron chi connectivity index (χ0n) is 6.04. The van der Waals surface area contributed by atoms with E-state index in [0.717, 1.165) is 0 Å². The minimum absolute atomic E-state index is 0.0972. The van der Waals surface area contributed by atoms with Crippen LogP contribution in [-0.4, -0.2) is 31.0 Å². The Labute approximate surface area is 60.0 Å². The molecule has 0 aliphatic heterocycles. The lowest BCUT2D eigenvalue weighted by molar-refractivity contribution is 0.163. The highest BCUT2D eigenvalue weighted by atomic mass is 16.5. The Balaban J connectivity index is 0. The Hall–Kier alpha value is -0.810. The lowest BCUT2D eigenvalue weighted by Gasteiger charge is -1.89. The average Bonchev–Trinajstić information content (AvgIpc) is 1.89. The molecule has 0 saturated carbocycles. The van der Waals surface area contributed by atoms with E-state index >= 15 is 0 Å². The van der Waals surface area contributed by atoms with Crippen LogP contribution in [0, 0.1) is 0 Å². The number of primary amides is 1. The minimum Gasteiger partial charge on any atom is -0.450 e. The van der Waals surface area contributed by atoms with Crippen molar-refractivity contribution in [1.82, 2.24) is 0 Å². The summed E-state index contributed by atoms with van der Waals surface area (Å²) in [6, 6.07) is 0. The molecule has 5 nitrogen and oxygen atoms in total. The quantitative estimate of drug-likeness (QED) is 0.472. The molecule has 0 rings (SSSR count). The van der Waals surface area contributed by atoms with Crippen LogP contribution in [0.4, 0.5) is 4.79 Å². The average molecular weight is 150 g/mol. The highest BCUT2D eigenvalue weighted by Gasteiger charge is 1.82. The van der Waals surface area contributed by atoms with Crippen molar-refractivity contribution in [2.24, 2.45) is 11.5 Å². The van der Waals surface area contributed by atoms with Crippen LogP contribution >= 0.6 is 0 Å². The highest BCUT2D eigenvalue weighted by molar-refractivity contribution is 5.64. The van der Waals surface area contributed by atoms with E-state index in [0.29, 0.717) is 13.2 Å². The molecule has 0 aromatic carbocycles. The molecule has 0 fully saturated rings. The maximum Gasteiger partial charge on any atom is 0.404 e. The molecule has 1 amide bonds. The number of amides is 1. The molecule has 0 saturated heterocycles. The Kier molecular flexibility index (Phi) is 13.2. The first kappa shape index (κ1) is 11.9. The van der Waals surface area contributed by atoms with Gasteiger partial charge in [-0.25, -0.2) is 4.79 Å². The van der Waals surface area contributed by atoms with Crippen LogP contribution in [-0.2, 0) is 4.74 Å². The number of carbonyl (C=O) groups excluding carboxylic acids is 1. The predicted molar refractivity (Wildman–Crippen MR) is 37.3 cm³/mol. The molecule has 0 spiro atoms. The van der Waals surface area contributed by atoms with Crippen molar-refractivity contribution in [3.05, 3.63) is 0 Å². The summed E-state index contributed by atoms with van der Waals surface area (Å²) in [6.45, 7) is 2.53. The minimum atomic E-state index is -0.711. The maximum absolute atomic E-state index is 9.60. The maximum atomic E-state index is 9.60. The summed E-state index contributed by atoms with van der Waals surface area (Å²) in [4.78, 5) is 9.60. The van der Waals surface area contributed by atoms with E-state index in [-0.39, 0.29) is 6.61 Å². The third kappa shape index (κ3) is 27.1. The van der Waals surface area contributed by atoms with Crippen LogP contribution in [0.15, 0.2) is 0 Å². The van der Waals surface area contributed by atoms with Gasteiger partial charge in [0.2, 0.25) is 0 Å². The van der Waals surface area contributed by atoms with Crippen LogP contribution in [0.5, 0.6) is 0 Å². The third-order valence-electron chi connectivity index (χ3n) is 0.416. The number of ether oxygens (including phenoxy) is 1. The van der Waals surface area contributed by atoms with Crippen LogP contribution in [0.1, 0.15) is 6.92 Å². The van der Waals surface area contributed by atoms with E-state index in [1.54, 1.807) is 6.92 Å². The van der Waals surface area contributed by atoms with Crippen LogP contribution < -0.4 is 11.5 Å². The van der Waals surface area contributed by atoms with E-state index in [2.05, 4.69) is 10.5 Å². The van der Waals surface area contributed by atoms with Crippen molar-refractivity contribution >= 4 is 6.09 Å². The van der Waals surface area contributed by atoms with Gasteiger partial charge in [0.05, 0.1) is 13.2 Å². The lowest BCUT2D eigenvalue weighted by Crippen LogP contribution is -2.11. The van der Waals surface area contributed by atoms with Gasteiger partial charge in [-0.1, -0.05) is 0 Å². The van der Waals surface area contributed by atoms with E-state index < -0.39 is 6.09 Å². The predicted octanol–water partition coefficient (Wildman–Crippen LogP) is -0.961. The number of aliphatic hydroxyl groups excluding tert-OH is 1. The normalized spacial score (nSPS) is 7.50. The Morgan fingerprint density at radius 3 is 2.10 bits per heavy atom. The summed E-state index contributed by atoms with van der Waals surface area (Å²) < 4.78 is 4.18. The zero-order chi connectivity index (χ0) is 8.41. The number of hydrogen-bond donors (Lipinski definition) is 3. The number of aliphatic hydroxyl groups is 1. The van der Waals surface area contributed by atoms with Gasteiger partial charge in [-0.05, 0) is 6.92 Å². The van der Waals surface area contributed by atoms with Crippen molar-refractivity contribution in [2.45, 2.75) is 6.92 Å². The molecule has 0 radical (unpaired) electrons. The fourth-order valence-electron chi connectivity index (χ4n) is 0.142. The second-order valence-electron chi connectivity index (χ2n) is 1.26. The molecular formula is C5H14N2O3. The SMILES string of the molecule is CCOC(N)=O.NCCO. The topological polar surface area (TPSA) is 98.6 Å². The molecule has 0 aromatic heterocycles. The standard InChI is InChI=1S/C3H7NO2.C2H7NO/c1-2-6-3(4)5;3-1-2-4/h2H2,1H3,(H2,4,5);4H,1-3H2. The molecule has 0 aliphatic rings. The van der Waals surface area contributed by atoms with Gasteiger partial charge >= 0.3 is 6.09 Å². The van der Waals surface area contributed by atoms with Crippen LogP contribution in [0.25, 0.3) is 0 Å². The van der Waals surface area contributed by atoms with Gasteiger partial charge in [-0.15, -0.1) is 0 Å². The Bertz CT molecular complexity index is 75.3. The second kappa shape index (κ2) is 11.0. The fraction of sp³-hybridized carbons (Fsp3) is 0.800. The molecule has 62 valence electrons. The van der Waals surface area contributed by atoms with Crippen molar-refractivity contribution in [3.63, 3.8) is 0 Å². The van der Waals surface area contributed by atoms with E-state index in [1.165, 1.54) is 0 Å². The molecule has 0 unspecified atom stereocenters. The molecule has 0 aromatic rings. The first-order valence-corrected chi connectivity index (χ1v) is 2.92. The summed E-state index contributed by atoms with van der Waals surface area (Å²) in [7, 11) is 0. The van der Waals surface area contributed by atoms with Gasteiger partial charge in [0.15, 0.2) is 0 Å². The first-order valence-electron chi connectivity index (χ1n) is 2.92. The van der Waals surface area contributed by atoms with Crippen LogP contribution in [0.3, 0.4) is 0 Å². The summed E-state index contributed by atoms with van der Waals surface area (Å²) in [5.74, 6) is 0. The number of nitrogens with two attached hydrogens (primary N) is 2. The molecule has 10 heavy (non-hydrogen) atoms. The van der Waals surface area contributed by atoms with Gasteiger partial charge in [0, 0.05) is 6.54 Å². The summed E-state index contributed by atoms with van der Waals surface area (Å²) >= 11 is 0. The number of rotatable bonds is 2. The summed E-state index contributed by atoms with van der Waals surface area (Å²) in [5.41, 5.74) is 9.32. The second-order valence-corrected chi connectivity index (χ2v) is 1.26. The Morgan fingerprint density at radius 1 is 1.70 bits per heavy atom. The Morgan fingerprint density at radius 2 is 2.10 bits per heavy atom. The molecule has 0 aliphatic carbocycles. The highest BCUT2D eigenvalue weighted by Crippen LogP contribution is 1.66. The molecule has 0 heterocycles. The number of carbonyl (C=O) groups is 1. The fourth-order valence-corrected chi connectivity index (χ4v) is 0.142. The third-order valence-corrected chi connectivity index (χ3v) is 0.416. The molecule has 0 bridgehead atoms. The van der Waals surface area contributed by atoms with Gasteiger partial charge in [0.1, 0.15) is 0 Å². The zero-order valence-corrected chi connectivity index (χ0v) is 6.04.